The van der Waals surface area contributed by atoms with Crippen molar-refractivity contribution in [2.24, 2.45) is 0 Å². The Hall–Kier alpha value is -1.06. The summed E-state index contributed by atoms with van der Waals surface area (Å²) in [6, 6.07) is 6.22. The van der Waals surface area contributed by atoms with E-state index >= 15 is 0 Å². The fraction of sp³-hybridized carbons (Fsp3) is 0.400. The third-order valence-electron chi connectivity index (χ3n) is 2.03. The second-order valence-electron chi connectivity index (χ2n) is 3.49. The van der Waals surface area contributed by atoms with E-state index < -0.39 is 39.9 Å². The number of halogens is 9. The van der Waals surface area contributed by atoms with E-state index in [1.54, 1.807) is 0 Å². The van der Waals surface area contributed by atoms with Gasteiger partial charge in [0.2, 0.25) is 0 Å². The molecule has 1 rings (SSSR count). The van der Waals surface area contributed by atoms with E-state index in [4.69, 9.17) is 0 Å². The zero-order valence-electron chi connectivity index (χ0n) is 9.12. The normalized spacial score (nSPS) is 14.4. The first-order valence-corrected chi connectivity index (χ1v) is 5.50. The van der Waals surface area contributed by atoms with Gasteiger partial charge in [-0.1, -0.05) is 18.2 Å². The van der Waals surface area contributed by atoms with Gasteiger partial charge >= 0.3 is 23.3 Å². The molecular formula is C10H4F9S. The Morgan fingerprint density at radius 2 is 1.35 bits per heavy atom. The first-order chi connectivity index (χ1) is 8.83. The van der Waals surface area contributed by atoms with Gasteiger partial charge in [0.05, 0.1) is 0 Å². The molecule has 0 saturated carbocycles. The van der Waals surface area contributed by atoms with Crippen molar-refractivity contribution >= 4 is 11.8 Å². The average molecular weight is 327 g/mol. The summed E-state index contributed by atoms with van der Waals surface area (Å²) in [5, 5.41) is -5.68. The van der Waals surface area contributed by atoms with Crippen molar-refractivity contribution < 1.29 is 39.5 Å². The molecule has 0 aromatic heterocycles. The van der Waals surface area contributed by atoms with Crippen molar-refractivity contribution in [2.75, 3.05) is 0 Å². The van der Waals surface area contributed by atoms with Crippen molar-refractivity contribution in [2.45, 2.75) is 28.2 Å². The standard InChI is InChI=1S/C10H4F9S/c11-7(12,9(15,16)17)8(13,14)10(18,19)20-6-4-2-1-3-5-6/h1-4H. The molecule has 0 N–H and O–H groups in total. The lowest BCUT2D eigenvalue weighted by Gasteiger charge is -2.33. The Kier molecular flexibility index (Phi) is 4.29. The highest BCUT2D eigenvalue weighted by molar-refractivity contribution is 8.00. The summed E-state index contributed by atoms with van der Waals surface area (Å²) in [7, 11) is 0. The van der Waals surface area contributed by atoms with Crippen molar-refractivity contribution in [1.82, 2.24) is 0 Å². The molecule has 1 radical (unpaired) electrons. The maximum Gasteiger partial charge on any atom is 0.460 e. The molecule has 10 heteroatoms. The molecule has 0 atom stereocenters. The lowest BCUT2D eigenvalue weighted by atomic mass is 10.1. The molecule has 0 amide bonds. The van der Waals surface area contributed by atoms with E-state index in [2.05, 4.69) is 0 Å². The molecule has 0 saturated heterocycles. The van der Waals surface area contributed by atoms with Crippen LogP contribution in [0.5, 0.6) is 0 Å². The molecule has 20 heavy (non-hydrogen) atoms. The zero-order valence-corrected chi connectivity index (χ0v) is 9.94. The molecule has 0 aliphatic rings. The van der Waals surface area contributed by atoms with Gasteiger partial charge in [0, 0.05) is 4.90 Å². The van der Waals surface area contributed by atoms with Gasteiger partial charge in [-0.25, -0.2) is 0 Å². The molecule has 0 spiro atoms. The van der Waals surface area contributed by atoms with Crippen molar-refractivity contribution in [3.63, 3.8) is 0 Å². The molecule has 0 aliphatic heterocycles. The Balaban J connectivity index is 3.12. The second kappa shape index (κ2) is 5.05. The third-order valence-corrected chi connectivity index (χ3v) is 3.02. The van der Waals surface area contributed by atoms with E-state index in [0.717, 1.165) is 18.2 Å². The number of thioether (sulfide) groups is 1. The Labute approximate surface area is 111 Å². The largest absolute Gasteiger partial charge is 0.460 e. The molecule has 0 fully saturated rings. The van der Waals surface area contributed by atoms with E-state index in [0.29, 0.717) is 0 Å². The minimum absolute atomic E-state index is 0.699. The van der Waals surface area contributed by atoms with Crippen LogP contribution < -0.4 is 0 Å². The number of benzene rings is 1. The molecule has 0 unspecified atom stereocenters. The van der Waals surface area contributed by atoms with Crippen LogP contribution in [0.25, 0.3) is 0 Å². The van der Waals surface area contributed by atoms with Gasteiger partial charge in [0.1, 0.15) is 0 Å². The predicted molar refractivity (Wildman–Crippen MR) is 52.0 cm³/mol. The van der Waals surface area contributed by atoms with Crippen molar-refractivity contribution in [1.29, 1.82) is 0 Å². The van der Waals surface area contributed by atoms with Crippen LogP contribution in [-0.2, 0) is 0 Å². The smallest absolute Gasteiger partial charge is 0.191 e. The fourth-order valence-electron chi connectivity index (χ4n) is 1.00. The Morgan fingerprint density at radius 3 is 1.75 bits per heavy atom. The van der Waals surface area contributed by atoms with E-state index in [9.17, 15) is 39.5 Å². The highest BCUT2D eigenvalue weighted by Gasteiger charge is 2.82. The Morgan fingerprint density at radius 1 is 0.800 bits per heavy atom. The summed E-state index contributed by atoms with van der Waals surface area (Å²) in [6.45, 7) is 0. The summed E-state index contributed by atoms with van der Waals surface area (Å²) < 4.78 is 113. The molecule has 0 aliphatic carbocycles. The summed E-state index contributed by atoms with van der Waals surface area (Å²) >= 11 is -1.12. The first kappa shape index (κ1) is 17.0. The van der Waals surface area contributed by atoms with E-state index in [1.165, 1.54) is 6.07 Å². The summed E-state index contributed by atoms with van der Waals surface area (Å²) in [6.07, 6.45) is -6.80. The van der Waals surface area contributed by atoms with E-state index in [1.807, 2.05) is 6.07 Å². The molecule has 0 nitrogen and oxygen atoms in total. The summed E-state index contributed by atoms with van der Waals surface area (Å²) in [5.74, 6) is -13.5. The van der Waals surface area contributed by atoms with Gasteiger partial charge in [-0.3, -0.25) is 0 Å². The number of alkyl halides is 9. The molecular weight excluding hydrogens is 323 g/mol. The summed E-state index contributed by atoms with van der Waals surface area (Å²) in [4.78, 5) is -0.699. The predicted octanol–water partition coefficient (Wildman–Crippen LogP) is 5.00. The minimum atomic E-state index is -6.87. The molecule has 1 aromatic carbocycles. The quantitative estimate of drug-likeness (QED) is 0.554. The van der Waals surface area contributed by atoms with Gasteiger partial charge in [0.15, 0.2) is 0 Å². The SMILES string of the molecule is FC(F)(F)C(F)(F)C(F)(F)C(F)(F)Sc1[c]cccc1. The van der Waals surface area contributed by atoms with Gasteiger partial charge in [0.25, 0.3) is 0 Å². The highest BCUT2D eigenvalue weighted by atomic mass is 32.2. The van der Waals surface area contributed by atoms with Crippen LogP contribution in [0.4, 0.5) is 39.5 Å². The van der Waals surface area contributed by atoms with Gasteiger partial charge in [-0.15, -0.1) is 0 Å². The van der Waals surface area contributed by atoms with Crippen LogP contribution in [0, 0.1) is 6.07 Å². The molecule has 0 heterocycles. The third kappa shape index (κ3) is 2.84. The van der Waals surface area contributed by atoms with Crippen LogP contribution in [0.2, 0.25) is 0 Å². The lowest BCUT2D eigenvalue weighted by molar-refractivity contribution is -0.381. The van der Waals surface area contributed by atoms with E-state index in [-0.39, 0.29) is 0 Å². The molecule has 0 bridgehead atoms. The highest BCUT2D eigenvalue weighted by Crippen LogP contribution is 2.57. The maximum absolute atomic E-state index is 13.1. The Bertz CT molecular complexity index is 452. The average Bonchev–Trinajstić information content (AvgIpc) is 2.27. The van der Waals surface area contributed by atoms with Gasteiger partial charge < -0.3 is 0 Å². The van der Waals surface area contributed by atoms with Gasteiger partial charge in [-0.05, 0) is 23.9 Å². The van der Waals surface area contributed by atoms with Crippen LogP contribution >= 0.6 is 11.8 Å². The van der Waals surface area contributed by atoms with Gasteiger partial charge in [-0.2, -0.15) is 39.5 Å². The lowest BCUT2D eigenvalue weighted by Crippen LogP contribution is -2.59. The zero-order chi connectivity index (χ0) is 15.8. The van der Waals surface area contributed by atoms with Crippen LogP contribution in [0.15, 0.2) is 29.2 Å². The molecule has 113 valence electrons. The van der Waals surface area contributed by atoms with Crippen LogP contribution in [-0.4, -0.2) is 23.3 Å². The molecule has 1 aromatic rings. The summed E-state index contributed by atoms with van der Waals surface area (Å²) in [5.41, 5.74) is 0. The number of hydrogen-bond acceptors (Lipinski definition) is 1. The number of rotatable bonds is 4. The second-order valence-corrected chi connectivity index (χ2v) is 4.65. The minimum Gasteiger partial charge on any atom is -0.191 e. The van der Waals surface area contributed by atoms with Crippen LogP contribution in [0.3, 0.4) is 0 Å². The number of hydrogen-bond donors (Lipinski definition) is 0. The first-order valence-electron chi connectivity index (χ1n) is 4.69. The van der Waals surface area contributed by atoms with Crippen molar-refractivity contribution in [3.05, 3.63) is 30.3 Å². The van der Waals surface area contributed by atoms with Crippen molar-refractivity contribution in [3.8, 4) is 0 Å². The monoisotopic (exact) mass is 327 g/mol. The maximum atomic E-state index is 13.1. The topological polar surface area (TPSA) is 0 Å². The fourth-order valence-corrected chi connectivity index (χ4v) is 1.81. The van der Waals surface area contributed by atoms with Crippen LogP contribution in [0.1, 0.15) is 0 Å².